The van der Waals surface area contributed by atoms with Gasteiger partial charge in [-0.1, -0.05) is 19.9 Å². The third-order valence-corrected chi connectivity index (χ3v) is 3.49. The van der Waals surface area contributed by atoms with Crippen molar-refractivity contribution in [1.29, 1.82) is 0 Å². The Morgan fingerprint density at radius 1 is 1.39 bits per heavy atom. The molecule has 0 bridgehead atoms. The maximum Gasteiger partial charge on any atom is 0.188 e. The summed E-state index contributed by atoms with van der Waals surface area (Å²) >= 11 is 0. The van der Waals surface area contributed by atoms with E-state index >= 15 is 0 Å². The summed E-state index contributed by atoms with van der Waals surface area (Å²) in [7, 11) is 0. The van der Waals surface area contributed by atoms with Crippen LogP contribution < -0.4 is 16.0 Å². The summed E-state index contributed by atoms with van der Waals surface area (Å²) in [5.74, 6) is 0.675. The van der Waals surface area contributed by atoms with Crippen LogP contribution in [-0.4, -0.2) is 38.8 Å². The molecule has 0 saturated carbocycles. The third-order valence-electron chi connectivity index (χ3n) is 3.49. The normalized spacial score (nSPS) is 15.5. The Labute approximate surface area is 154 Å². The number of nitrogens with two attached hydrogens (primary N) is 1. The topological polar surface area (TPSA) is 62.9 Å². The number of morpholine rings is 1. The van der Waals surface area contributed by atoms with Crippen LogP contribution in [0.25, 0.3) is 0 Å². The van der Waals surface area contributed by atoms with E-state index in [-0.39, 0.29) is 29.8 Å². The molecule has 1 saturated heterocycles. The van der Waals surface area contributed by atoms with Gasteiger partial charge in [0.1, 0.15) is 5.82 Å². The molecule has 1 aromatic carbocycles. The Morgan fingerprint density at radius 2 is 2.09 bits per heavy atom. The van der Waals surface area contributed by atoms with Crippen LogP contribution in [0, 0.1) is 11.7 Å². The van der Waals surface area contributed by atoms with Gasteiger partial charge < -0.3 is 20.7 Å². The lowest BCUT2D eigenvalue weighted by Crippen LogP contribution is -2.36. The fourth-order valence-corrected chi connectivity index (χ4v) is 2.25. The molecule has 0 spiro atoms. The van der Waals surface area contributed by atoms with Crippen molar-refractivity contribution < 1.29 is 9.13 Å². The average molecular weight is 436 g/mol. The molecule has 0 aromatic heterocycles. The van der Waals surface area contributed by atoms with E-state index in [9.17, 15) is 4.39 Å². The summed E-state index contributed by atoms with van der Waals surface area (Å²) in [6.45, 7) is 8.07. The van der Waals surface area contributed by atoms with Crippen molar-refractivity contribution in [3.05, 3.63) is 29.6 Å². The first kappa shape index (κ1) is 20.0. The van der Waals surface area contributed by atoms with Crippen LogP contribution in [0.2, 0.25) is 0 Å². The summed E-state index contributed by atoms with van der Waals surface area (Å²) < 4.78 is 19.5. The number of nitrogens with one attached hydrogen (secondary N) is 1. The van der Waals surface area contributed by atoms with Crippen LogP contribution in [0.5, 0.6) is 0 Å². The molecule has 1 aliphatic heterocycles. The number of ether oxygens (including phenoxy) is 1. The lowest BCUT2D eigenvalue weighted by atomic mass is 10.1. The molecule has 0 aliphatic carbocycles. The number of guanidine groups is 1. The van der Waals surface area contributed by atoms with Crippen LogP contribution >= 0.6 is 24.0 Å². The van der Waals surface area contributed by atoms with Gasteiger partial charge in [0.15, 0.2) is 5.96 Å². The molecule has 0 radical (unpaired) electrons. The minimum absolute atomic E-state index is 0. The lowest BCUT2D eigenvalue weighted by Gasteiger charge is -2.29. The van der Waals surface area contributed by atoms with E-state index in [1.165, 1.54) is 6.07 Å². The molecule has 5 nitrogen and oxygen atoms in total. The predicted molar refractivity (Wildman–Crippen MR) is 103 cm³/mol. The SMILES string of the molecule is CC(C)CNC(N)=NCc1ccc(N2CCOCC2)c(F)c1.I. The molecule has 23 heavy (non-hydrogen) atoms. The molecule has 1 aliphatic rings. The number of aliphatic imine (C=N–C) groups is 1. The van der Waals surface area contributed by atoms with E-state index in [1.54, 1.807) is 0 Å². The monoisotopic (exact) mass is 436 g/mol. The summed E-state index contributed by atoms with van der Waals surface area (Å²) in [6, 6.07) is 5.24. The second kappa shape index (κ2) is 9.92. The highest BCUT2D eigenvalue weighted by Gasteiger charge is 2.15. The summed E-state index contributed by atoms with van der Waals surface area (Å²) in [5.41, 5.74) is 7.21. The Morgan fingerprint density at radius 3 is 2.70 bits per heavy atom. The Bertz CT molecular complexity index is 519. The van der Waals surface area contributed by atoms with Crippen LogP contribution in [-0.2, 0) is 11.3 Å². The van der Waals surface area contributed by atoms with Gasteiger partial charge in [0.2, 0.25) is 0 Å². The zero-order valence-electron chi connectivity index (χ0n) is 13.7. The molecule has 3 N–H and O–H groups in total. The highest BCUT2D eigenvalue weighted by atomic mass is 127. The van der Waals surface area contributed by atoms with E-state index in [0.717, 1.165) is 25.2 Å². The number of hydrogen-bond acceptors (Lipinski definition) is 3. The van der Waals surface area contributed by atoms with Gasteiger partial charge in [-0.15, -0.1) is 24.0 Å². The highest BCUT2D eigenvalue weighted by Crippen LogP contribution is 2.21. The van der Waals surface area contributed by atoms with Crippen molar-refractivity contribution in [1.82, 2.24) is 5.32 Å². The maximum atomic E-state index is 14.2. The molecule has 1 fully saturated rings. The molecular formula is C16H26FIN4O. The molecule has 1 aromatic rings. The molecule has 130 valence electrons. The largest absolute Gasteiger partial charge is 0.378 e. The van der Waals surface area contributed by atoms with Crippen LogP contribution in [0.3, 0.4) is 0 Å². The summed E-state index contributed by atoms with van der Waals surface area (Å²) in [6.07, 6.45) is 0. The Balaban J connectivity index is 0.00000264. The molecule has 0 unspecified atom stereocenters. The van der Waals surface area contributed by atoms with E-state index in [0.29, 0.717) is 37.3 Å². The van der Waals surface area contributed by atoms with Gasteiger partial charge in [0, 0.05) is 19.6 Å². The van der Waals surface area contributed by atoms with Crippen LogP contribution in [0.15, 0.2) is 23.2 Å². The quantitative estimate of drug-likeness (QED) is 0.423. The van der Waals surface area contributed by atoms with Crippen molar-refractivity contribution >= 4 is 35.6 Å². The first-order chi connectivity index (χ1) is 10.6. The van der Waals surface area contributed by atoms with Gasteiger partial charge in [-0.3, -0.25) is 0 Å². The van der Waals surface area contributed by atoms with Gasteiger partial charge in [-0.25, -0.2) is 9.38 Å². The maximum absolute atomic E-state index is 14.2. The second-order valence-corrected chi connectivity index (χ2v) is 5.86. The van der Waals surface area contributed by atoms with Crippen molar-refractivity contribution in [2.75, 3.05) is 37.7 Å². The molecule has 7 heteroatoms. The van der Waals surface area contributed by atoms with Crippen molar-refractivity contribution in [3.8, 4) is 0 Å². The standard InChI is InChI=1S/C16H25FN4O.HI/c1-12(2)10-19-16(18)20-11-13-3-4-15(14(17)9-13)21-5-7-22-8-6-21;/h3-4,9,12H,5-8,10-11H2,1-2H3,(H3,18,19,20);1H. The summed E-state index contributed by atoms with van der Waals surface area (Å²) in [5, 5.41) is 3.04. The van der Waals surface area contributed by atoms with E-state index in [4.69, 9.17) is 10.5 Å². The number of benzene rings is 1. The highest BCUT2D eigenvalue weighted by molar-refractivity contribution is 14.0. The smallest absolute Gasteiger partial charge is 0.188 e. The van der Waals surface area contributed by atoms with Gasteiger partial charge in [0.05, 0.1) is 25.4 Å². The predicted octanol–water partition coefficient (Wildman–Crippen LogP) is 2.34. The number of hydrogen-bond donors (Lipinski definition) is 2. The summed E-state index contributed by atoms with van der Waals surface area (Å²) in [4.78, 5) is 6.24. The zero-order valence-corrected chi connectivity index (χ0v) is 16.0. The molecule has 1 heterocycles. The fourth-order valence-electron chi connectivity index (χ4n) is 2.25. The van der Waals surface area contributed by atoms with Crippen molar-refractivity contribution in [2.45, 2.75) is 20.4 Å². The van der Waals surface area contributed by atoms with E-state index in [2.05, 4.69) is 24.2 Å². The fraction of sp³-hybridized carbons (Fsp3) is 0.562. The van der Waals surface area contributed by atoms with E-state index < -0.39 is 0 Å². The zero-order chi connectivity index (χ0) is 15.9. The van der Waals surface area contributed by atoms with Gasteiger partial charge in [-0.05, 0) is 23.6 Å². The Kier molecular flexibility index (Phi) is 8.60. The lowest BCUT2D eigenvalue weighted by molar-refractivity contribution is 0.122. The number of anilines is 1. The number of halogens is 2. The van der Waals surface area contributed by atoms with E-state index in [1.807, 2.05) is 17.0 Å². The molecule has 2 rings (SSSR count). The van der Waals surface area contributed by atoms with Gasteiger partial charge in [-0.2, -0.15) is 0 Å². The minimum atomic E-state index is -0.219. The van der Waals surface area contributed by atoms with Gasteiger partial charge >= 0.3 is 0 Å². The first-order valence-corrected chi connectivity index (χ1v) is 7.71. The Hall–Kier alpha value is -1.09. The van der Waals surface area contributed by atoms with Crippen LogP contribution in [0.1, 0.15) is 19.4 Å². The number of rotatable bonds is 5. The first-order valence-electron chi connectivity index (χ1n) is 7.71. The number of nitrogens with zero attached hydrogens (tertiary/aromatic N) is 2. The molecule has 0 amide bonds. The van der Waals surface area contributed by atoms with Gasteiger partial charge in [0.25, 0.3) is 0 Å². The molecule has 0 atom stereocenters. The minimum Gasteiger partial charge on any atom is -0.378 e. The second-order valence-electron chi connectivity index (χ2n) is 5.86. The molecular weight excluding hydrogens is 410 g/mol. The van der Waals surface area contributed by atoms with Crippen molar-refractivity contribution in [2.24, 2.45) is 16.6 Å². The average Bonchev–Trinajstić information content (AvgIpc) is 2.52. The van der Waals surface area contributed by atoms with Crippen molar-refractivity contribution in [3.63, 3.8) is 0 Å². The third kappa shape index (κ3) is 6.50. The van der Waals surface area contributed by atoms with Crippen LogP contribution in [0.4, 0.5) is 10.1 Å².